The SMILES string of the molecule is CC1(C)CN(C(=O)N2CCCC2(C)C(=O)O)CC(CO)O1. The van der Waals surface area contributed by atoms with E-state index in [0.29, 0.717) is 25.9 Å². The lowest BCUT2D eigenvalue weighted by molar-refractivity contribution is -0.150. The average Bonchev–Trinajstić information content (AvgIpc) is 2.79. The van der Waals surface area contributed by atoms with Gasteiger partial charge in [0.2, 0.25) is 0 Å². The topological polar surface area (TPSA) is 90.3 Å². The molecule has 0 radical (unpaired) electrons. The molecule has 120 valence electrons. The number of aliphatic hydroxyl groups excluding tert-OH is 1. The number of hydrogen-bond acceptors (Lipinski definition) is 4. The van der Waals surface area contributed by atoms with E-state index in [0.717, 1.165) is 0 Å². The van der Waals surface area contributed by atoms with Crippen molar-refractivity contribution in [3.8, 4) is 0 Å². The van der Waals surface area contributed by atoms with Crippen LogP contribution in [0.1, 0.15) is 33.6 Å². The van der Waals surface area contributed by atoms with E-state index in [1.807, 2.05) is 13.8 Å². The van der Waals surface area contributed by atoms with Crippen LogP contribution in [0.2, 0.25) is 0 Å². The Kier molecular flexibility index (Phi) is 4.17. The zero-order valence-electron chi connectivity index (χ0n) is 12.8. The number of amides is 2. The third-order valence-corrected chi connectivity index (χ3v) is 4.29. The van der Waals surface area contributed by atoms with Crippen LogP contribution in [0.15, 0.2) is 0 Å². The van der Waals surface area contributed by atoms with E-state index in [1.54, 1.807) is 11.8 Å². The molecule has 21 heavy (non-hydrogen) atoms. The Labute approximate surface area is 124 Å². The Hall–Kier alpha value is -1.34. The zero-order chi connectivity index (χ0) is 15.8. The molecule has 2 saturated heterocycles. The molecule has 7 nitrogen and oxygen atoms in total. The molecular weight excluding hydrogens is 276 g/mol. The van der Waals surface area contributed by atoms with Crippen LogP contribution in [-0.4, -0.2) is 75.5 Å². The molecule has 0 aromatic carbocycles. The fourth-order valence-electron chi connectivity index (χ4n) is 3.20. The Morgan fingerprint density at radius 3 is 2.57 bits per heavy atom. The smallest absolute Gasteiger partial charge is 0.329 e. The highest BCUT2D eigenvalue weighted by Gasteiger charge is 2.48. The third kappa shape index (κ3) is 2.98. The van der Waals surface area contributed by atoms with Gasteiger partial charge in [0.25, 0.3) is 0 Å². The summed E-state index contributed by atoms with van der Waals surface area (Å²) < 4.78 is 5.69. The van der Waals surface area contributed by atoms with Gasteiger partial charge in [0.15, 0.2) is 0 Å². The van der Waals surface area contributed by atoms with Crippen LogP contribution in [0, 0.1) is 0 Å². The van der Waals surface area contributed by atoms with Crippen LogP contribution < -0.4 is 0 Å². The number of ether oxygens (including phenoxy) is 1. The minimum Gasteiger partial charge on any atom is -0.480 e. The number of carboxylic acid groups (broad SMARTS) is 1. The maximum atomic E-state index is 12.7. The largest absolute Gasteiger partial charge is 0.480 e. The van der Waals surface area contributed by atoms with Gasteiger partial charge in [0, 0.05) is 6.54 Å². The molecule has 2 amide bonds. The summed E-state index contributed by atoms with van der Waals surface area (Å²) in [6.07, 6.45) is 0.716. The summed E-state index contributed by atoms with van der Waals surface area (Å²) in [5.41, 5.74) is -1.70. The molecule has 0 bridgehead atoms. The number of rotatable bonds is 2. The number of aliphatic hydroxyl groups is 1. The van der Waals surface area contributed by atoms with Gasteiger partial charge in [-0.15, -0.1) is 0 Å². The number of carbonyl (C=O) groups is 2. The van der Waals surface area contributed by atoms with Crippen LogP contribution in [-0.2, 0) is 9.53 Å². The molecule has 2 fully saturated rings. The lowest BCUT2D eigenvalue weighted by Gasteiger charge is -2.45. The molecule has 2 aliphatic heterocycles. The van der Waals surface area contributed by atoms with Gasteiger partial charge in [-0.3, -0.25) is 0 Å². The van der Waals surface area contributed by atoms with Crippen molar-refractivity contribution in [2.45, 2.75) is 50.9 Å². The van der Waals surface area contributed by atoms with Crippen LogP contribution in [0.3, 0.4) is 0 Å². The number of aliphatic carboxylic acids is 1. The zero-order valence-corrected chi connectivity index (χ0v) is 12.8. The Bertz CT molecular complexity index is 439. The van der Waals surface area contributed by atoms with Crippen molar-refractivity contribution in [3.63, 3.8) is 0 Å². The number of hydrogen-bond donors (Lipinski definition) is 2. The first-order valence-electron chi connectivity index (χ1n) is 7.28. The van der Waals surface area contributed by atoms with Crippen LogP contribution in [0.25, 0.3) is 0 Å². The standard InChI is InChI=1S/C14H24N2O5/c1-13(2)9-15(7-10(8-17)21-13)12(20)16-6-4-5-14(16,3)11(18)19/h10,17H,4-9H2,1-3H3,(H,18,19). The number of urea groups is 1. The lowest BCUT2D eigenvalue weighted by atomic mass is 9.99. The number of nitrogens with zero attached hydrogens (tertiary/aromatic N) is 2. The van der Waals surface area contributed by atoms with Gasteiger partial charge in [-0.1, -0.05) is 0 Å². The second kappa shape index (κ2) is 5.46. The van der Waals surface area contributed by atoms with Gasteiger partial charge in [-0.05, 0) is 33.6 Å². The maximum absolute atomic E-state index is 12.7. The van der Waals surface area contributed by atoms with Crippen molar-refractivity contribution < 1.29 is 24.5 Å². The molecule has 2 aliphatic rings. The maximum Gasteiger partial charge on any atom is 0.329 e. The minimum atomic E-state index is -1.14. The molecule has 0 spiro atoms. The third-order valence-electron chi connectivity index (χ3n) is 4.29. The number of morpholine rings is 1. The highest BCUT2D eigenvalue weighted by molar-refractivity contribution is 5.86. The van der Waals surface area contributed by atoms with Crippen molar-refractivity contribution in [1.82, 2.24) is 9.80 Å². The van der Waals surface area contributed by atoms with Crippen molar-refractivity contribution in [2.75, 3.05) is 26.2 Å². The summed E-state index contributed by atoms with van der Waals surface area (Å²) >= 11 is 0. The Morgan fingerprint density at radius 2 is 2.00 bits per heavy atom. The van der Waals surface area contributed by atoms with Crippen LogP contribution in [0.5, 0.6) is 0 Å². The lowest BCUT2D eigenvalue weighted by Crippen LogP contribution is -2.61. The summed E-state index contributed by atoms with van der Waals surface area (Å²) in [5, 5.41) is 18.7. The second-order valence-corrected chi connectivity index (χ2v) is 6.68. The molecule has 2 unspecified atom stereocenters. The Balaban J connectivity index is 2.17. The summed E-state index contributed by atoms with van der Waals surface area (Å²) in [4.78, 5) is 27.2. The van der Waals surface area contributed by atoms with E-state index >= 15 is 0 Å². The van der Waals surface area contributed by atoms with E-state index < -0.39 is 23.2 Å². The van der Waals surface area contributed by atoms with Crippen LogP contribution in [0.4, 0.5) is 4.79 Å². The Morgan fingerprint density at radius 1 is 1.33 bits per heavy atom. The number of likely N-dealkylation sites (tertiary alicyclic amines) is 1. The number of carbonyl (C=O) groups excluding carboxylic acids is 1. The predicted molar refractivity (Wildman–Crippen MR) is 75.0 cm³/mol. The molecule has 2 heterocycles. The average molecular weight is 300 g/mol. The molecule has 2 rings (SSSR count). The molecule has 0 aromatic rings. The van der Waals surface area contributed by atoms with E-state index in [9.17, 15) is 19.8 Å². The fourth-order valence-corrected chi connectivity index (χ4v) is 3.20. The van der Waals surface area contributed by atoms with Crippen molar-refractivity contribution in [2.24, 2.45) is 0 Å². The van der Waals surface area contributed by atoms with Gasteiger partial charge < -0.3 is 24.7 Å². The fraction of sp³-hybridized carbons (Fsp3) is 0.857. The van der Waals surface area contributed by atoms with Crippen LogP contribution >= 0.6 is 0 Å². The quantitative estimate of drug-likeness (QED) is 0.776. The van der Waals surface area contributed by atoms with Gasteiger partial charge in [0.1, 0.15) is 5.54 Å². The van der Waals surface area contributed by atoms with Gasteiger partial charge in [0.05, 0.1) is 31.4 Å². The first-order valence-corrected chi connectivity index (χ1v) is 7.28. The van der Waals surface area contributed by atoms with Gasteiger partial charge in [-0.2, -0.15) is 0 Å². The molecule has 2 atom stereocenters. The summed E-state index contributed by atoms with van der Waals surface area (Å²) in [6.45, 7) is 6.26. The highest BCUT2D eigenvalue weighted by Crippen LogP contribution is 2.31. The second-order valence-electron chi connectivity index (χ2n) is 6.68. The molecule has 0 aliphatic carbocycles. The molecule has 0 aromatic heterocycles. The summed E-state index contributed by atoms with van der Waals surface area (Å²) in [6, 6.07) is -0.285. The first kappa shape index (κ1) is 16.0. The highest BCUT2D eigenvalue weighted by atomic mass is 16.5. The van der Waals surface area contributed by atoms with E-state index in [2.05, 4.69) is 0 Å². The van der Waals surface area contributed by atoms with E-state index in [1.165, 1.54) is 4.90 Å². The van der Waals surface area contributed by atoms with Crippen molar-refractivity contribution in [3.05, 3.63) is 0 Å². The van der Waals surface area contributed by atoms with E-state index in [4.69, 9.17) is 4.74 Å². The van der Waals surface area contributed by atoms with Crippen molar-refractivity contribution in [1.29, 1.82) is 0 Å². The summed E-state index contributed by atoms with van der Waals surface area (Å²) in [7, 11) is 0. The summed E-state index contributed by atoms with van der Waals surface area (Å²) in [5.74, 6) is -0.973. The molecular formula is C14H24N2O5. The molecule has 0 saturated carbocycles. The minimum absolute atomic E-state index is 0.163. The van der Waals surface area contributed by atoms with E-state index in [-0.39, 0.29) is 19.2 Å². The number of carboxylic acids is 1. The monoisotopic (exact) mass is 300 g/mol. The van der Waals surface area contributed by atoms with Crippen molar-refractivity contribution >= 4 is 12.0 Å². The predicted octanol–water partition coefficient (Wildman–Crippen LogP) is 0.517. The first-order chi connectivity index (χ1) is 9.69. The van der Waals surface area contributed by atoms with Gasteiger partial charge in [-0.25, -0.2) is 9.59 Å². The molecule has 7 heteroatoms. The molecule has 2 N–H and O–H groups in total. The van der Waals surface area contributed by atoms with Gasteiger partial charge >= 0.3 is 12.0 Å². The normalized spacial score (nSPS) is 32.3.